The fourth-order valence-corrected chi connectivity index (χ4v) is 3.26. The van der Waals surface area contributed by atoms with E-state index < -0.39 is 5.60 Å². The first-order chi connectivity index (χ1) is 12.0. The third-order valence-corrected chi connectivity index (χ3v) is 5.21. The molecule has 0 radical (unpaired) electrons. The maximum absolute atomic E-state index is 12.3. The van der Waals surface area contributed by atoms with Crippen molar-refractivity contribution in [3.8, 4) is 6.07 Å². The fourth-order valence-electron chi connectivity index (χ4n) is 3.26. The van der Waals surface area contributed by atoms with Crippen molar-refractivity contribution in [1.29, 1.82) is 5.26 Å². The van der Waals surface area contributed by atoms with E-state index in [4.69, 9.17) is 4.74 Å². The van der Waals surface area contributed by atoms with Crippen LogP contribution in [0.1, 0.15) is 57.2 Å². The molecule has 0 N–H and O–H groups in total. The number of rotatable bonds is 3. The van der Waals surface area contributed by atoms with Crippen LogP contribution in [0, 0.1) is 18.3 Å². The van der Waals surface area contributed by atoms with E-state index in [0.29, 0.717) is 13.1 Å². The van der Waals surface area contributed by atoms with Gasteiger partial charge in [0.15, 0.2) is 0 Å². The van der Waals surface area contributed by atoms with Gasteiger partial charge in [0.1, 0.15) is 5.60 Å². The number of carbonyl (C=O) groups is 1. The summed E-state index contributed by atoms with van der Waals surface area (Å²) in [6.45, 7) is 12.0. The number of nitrogens with zero attached hydrogens (tertiary/aromatic N) is 3. The first kappa shape index (κ1) is 20.3. The van der Waals surface area contributed by atoms with E-state index in [-0.39, 0.29) is 11.6 Å². The minimum atomic E-state index is -0.465. The lowest BCUT2D eigenvalue weighted by Gasteiger charge is -2.45. The Labute approximate surface area is 157 Å². The van der Waals surface area contributed by atoms with Crippen molar-refractivity contribution in [2.24, 2.45) is 0 Å². The molecule has 0 aliphatic carbocycles. The highest BCUT2D eigenvalue weighted by atomic mass is 16.6. The van der Waals surface area contributed by atoms with Gasteiger partial charge in [-0.2, -0.15) is 5.26 Å². The lowest BCUT2D eigenvalue weighted by atomic mass is 9.87. The van der Waals surface area contributed by atoms with Crippen LogP contribution in [0.15, 0.2) is 18.2 Å². The van der Waals surface area contributed by atoms with E-state index >= 15 is 0 Å². The van der Waals surface area contributed by atoms with Crippen LogP contribution >= 0.6 is 0 Å². The third-order valence-electron chi connectivity index (χ3n) is 5.21. The van der Waals surface area contributed by atoms with Crippen molar-refractivity contribution in [3.63, 3.8) is 0 Å². The standard InChI is InChI=1S/C21H31N3O2/c1-16-7-8-17(18(13-16)14-22)15-23(6)21(5)9-11-24(12-10-21)19(25)26-20(2,3)4/h7-8,13H,9-12,15H2,1-6H3. The van der Waals surface area contributed by atoms with Gasteiger partial charge < -0.3 is 9.64 Å². The van der Waals surface area contributed by atoms with Gasteiger partial charge in [-0.25, -0.2) is 4.79 Å². The van der Waals surface area contributed by atoms with E-state index in [2.05, 4.69) is 31.0 Å². The van der Waals surface area contributed by atoms with Crippen molar-refractivity contribution >= 4 is 6.09 Å². The molecule has 1 fully saturated rings. The molecule has 1 saturated heterocycles. The van der Waals surface area contributed by atoms with Gasteiger partial charge in [0.05, 0.1) is 11.6 Å². The topological polar surface area (TPSA) is 56.6 Å². The van der Waals surface area contributed by atoms with Gasteiger partial charge >= 0.3 is 6.09 Å². The zero-order chi connectivity index (χ0) is 19.5. The molecule has 5 nitrogen and oxygen atoms in total. The van der Waals surface area contributed by atoms with E-state index in [0.717, 1.165) is 36.1 Å². The van der Waals surface area contributed by atoms with E-state index in [1.54, 1.807) is 4.90 Å². The minimum Gasteiger partial charge on any atom is -0.444 e. The second kappa shape index (κ2) is 7.67. The second-order valence-electron chi connectivity index (χ2n) is 8.59. The molecule has 0 atom stereocenters. The predicted octanol–water partition coefficient (Wildman–Crippen LogP) is 4.09. The molecule has 2 rings (SSSR count). The number of aryl methyl sites for hydroxylation is 1. The SMILES string of the molecule is Cc1ccc(CN(C)C2(C)CCN(C(=O)OC(C)(C)C)CC2)c(C#N)c1. The Balaban J connectivity index is 2.00. The molecular formula is C21H31N3O2. The normalized spacial score (nSPS) is 17.1. The zero-order valence-electron chi connectivity index (χ0n) is 16.9. The first-order valence-corrected chi connectivity index (χ1v) is 9.23. The number of likely N-dealkylation sites (tertiary alicyclic amines) is 1. The van der Waals surface area contributed by atoms with Gasteiger partial charge in [-0.1, -0.05) is 12.1 Å². The summed E-state index contributed by atoms with van der Waals surface area (Å²) in [5.41, 5.74) is 2.43. The smallest absolute Gasteiger partial charge is 0.410 e. The molecule has 5 heteroatoms. The van der Waals surface area contributed by atoms with E-state index in [1.807, 2.05) is 39.8 Å². The van der Waals surface area contributed by atoms with Crippen LogP contribution in [-0.2, 0) is 11.3 Å². The molecule has 0 unspecified atom stereocenters. The van der Waals surface area contributed by atoms with Gasteiger partial charge in [0, 0.05) is 25.2 Å². The van der Waals surface area contributed by atoms with Crippen LogP contribution in [0.5, 0.6) is 0 Å². The zero-order valence-corrected chi connectivity index (χ0v) is 16.9. The van der Waals surface area contributed by atoms with Gasteiger partial charge in [0.25, 0.3) is 0 Å². The molecule has 1 amide bonds. The van der Waals surface area contributed by atoms with Crippen LogP contribution in [0.3, 0.4) is 0 Å². The van der Waals surface area contributed by atoms with Gasteiger partial charge in [-0.15, -0.1) is 0 Å². The van der Waals surface area contributed by atoms with Crippen molar-refractivity contribution in [3.05, 3.63) is 34.9 Å². The number of hydrogen-bond donors (Lipinski definition) is 0. The maximum Gasteiger partial charge on any atom is 0.410 e. The van der Waals surface area contributed by atoms with Crippen molar-refractivity contribution in [1.82, 2.24) is 9.80 Å². The molecule has 0 spiro atoms. The van der Waals surface area contributed by atoms with Crippen molar-refractivity contribution < 1.29 is 9.53 Å². The summed E-state index contributed by atoms with van der Waals surface area (Å²) in [4.78, 5) is 16.4. The Morgan fingerprint density at radius 2 is 1.96 bits per heavy atom. The van der Waals surface area contributed by atoms with Crippen LogP contribution in [-0.4, -0.2) is 47.2 Å². The summed E-state index contributed by atoms with van der Waals surface area (Å²) in [7, 11) is 2.10. The highest BCUT2D eigenvalue weighted by molar-refractivity contribution is 5.68. The third kappa shape index (κ3) is 4.98. The van der Waals surface area contributed by atoms with Crippen molar-refractivity contribution in [2.45, 2.75) is 65.1 Å². The molecule has 1 aliphatic heterocycles. The number of hydrogen-bond acceptors (Lipinski definition) is 4. The van der Waals surface area contributed by atoms with Crippen molar-refractivity contribution in [2.75, 3.05) is 20.1 Å². The number of benzene rings is 1. The van der Waals surface area contributed by atoms with Gasteiger partial charge in [-0.05, 0) is 71.7 Å². The summed E-state index contributed by atoms with van der Waals surface area (Å²) < 4.78 is 5.48. The predicted molar refractivity (Wildman–Crippen MR) is 103 cm³/mol. The Hall–Kier alpha value is -2.06. The van der Waals surface area contributed by atoms with Crippen LogP contribution in [0.4, 0.5) is 4.79 Å². The maximum atomic E-state index is 12.3. The quantitative estimate of drug-likeness (QED) is 0.817. The lowest BCUT2D eigenvalue weighted by Crippen LogP contribution is -2.53. The summed E-state index contributed by atoms with van der Waals surface area (Å²) in [5.74, 6) is 0. The molecule has 1 heterocycles. The summed E-state index contributed by atoms with van der Waals surface area (Å²) in [6.07, 6.45) is 1.54. The molecular weight excluding hydrogens is 326 g/mol. The molecule has 0 aromatic heterocycles. The summed E-state index contributed by atoms with van der Waals surface area (Å²) in [5, 5.41) is 9.39. The highest BCUT2D eigenvalue weighted by Crippen LogP contribution is 2.30. The number of piperidine rings is 1. The van der Waals surface area contributed by atoms with E-state index in [9.17, 15) is 10.1 Å². The number of carbonyl (C=O) groups excluding carboxylic acids is 1. The van der Waals surface area contributed by atoms with Gasteiger partial charge in [0.2, 0.25) is 0 Å². The number of ether oxygens (including phenoxy) is 1. The van der Waals surface area contributed by atoms with Gasteiger partial charge in [-0.3, -0.25) is 4.90 Å². The highest BCUT2D eigenvalue weighted by Gasteiger charge is 2.36. The lowest BCUT2D eigenvalue weighted by molar-refractivity contribution is 0.00171. The number of nitriles is 1. The van der Waals surface area contributed by atoms with E-state index in [1.165, 1.54) is 0 Å². The molecule has 0 saturated carbocycles. The second-order valence-corrected chi connectivity index (χ2v) is 8.59. The minimum absolute atomic E-state index is 0.00384. The van der Waals surface area contributed by atoms with Crippen LogP contribution in [0.25, 0.3) is 0 Å². The Morgan fingerprint density at radius 1 is 1.35 bits per heavy atom. The first-order valence-electron chi connectivity index (χ1n) is 9.23. The average molecular weight is 357 g/mol. The van der Waals surface area contributed by atoms with Crippen LogP contribution < -0.4 is 0 Å². The average Bonchev–Trinajstić information content (AvgIpc) is 2.55. The largest absolute Gasteiger partial charge is 0.444 e. The Morgan fingerprint density at radius 3 is 2.50 bits per heavy atom. The monoisotopic (exact) mass is 357 g/mol. The summed E-state index contributed by atoms with van der Waals surface area (Å²) in [6, 6.07) is 8.34. The number of amides is 1. The summed E-state index contributed by atoms with van der Waals surface area (Å²) >= 11 is 0. The molecule has 1 aromatic rings. The Bertz CT molecular complexity index is 692. The van der Waals surface area contributed by atoms with Crippen LogP contribution in [0.2, 0.25) is 0 Å². The molecule has 1 aliphatic rings. The Kier molecular flexibility index (Phi) is 5.98. The fraction of sp³-hybridized carbons (Fsp3) is 0.619. The molecule has 1 aromatic carbocycles. The molecule has 0 bridgehead atoms. The molecule has 142 valence electrons. The molecule has 26 heavy (non-hydrogen) atoms.